The number of piperidine rings is 1. The highest BCUT2D eigenvalue weighted by Gasteiger charge is 2.31. The largest absolute Gasteiger partial charge is 0.459 e. The van der Waals surface area contributed by atoms with E-state index in [0.717, 1.165) is 5.56 Å². The smallest absolute Gasteiger partial charge is 0.289 e. The third kappa shape index (κ3) is 4.08. The summed E-state index contributed by atoms with van der Waals surface area (Å²) in [6, 6.07) is 4.67. The molecule has 1 aliphatic rings. The van der Waals surface area contributed by atoms with E-state index < -0.39 is 0 Å². The number of hydrogen-bond acceptors (Lipinski definition) is 5. The van der Waals surface area contributed by atoms with Gasteiger partial charge in [0.1, 0.15) is 0 Å². The summed E-state index contributed by atoms with van der Waals surface area (Å²) < 4.78 is 5.06. The highest BCUT2D eigenvalue weighted by Crippen LogP contribution is 2.25. The monoisotopic (exact) mass is 361 g/mol. The highest BCUT2D eigenvalue weighted by atomic mass is 32.1. The van der Waals surface area contributed by atoms with Gasteiger partial charge in [-0.1, -0.05) is 0 Å². The van der Waals surface area contributed by atoms with Crippen LogP contribution in [0.2, 0.25) is 0 Å². The van der Waals surface area contributed by atoms with Crippen molar-refractivity contribution in [3.05, 3.63) is 46.5 Å². The Hall–Kier alpha value is -2.61. The van der Waals surface area contributed by atoms with Crippen molar-refractivity contribution in [1.82, 2.24) is 15.5 Å². The molecular weight excluding hydrogens is 342 g/mol. The number of carbonyl (C=O) groups is 3. The molecule has 3 amide bonds. The number of hydrogen-bond donors (Lipinski definition) is 2. The molecular formula is C17H19N3O4S. The maximum absolute atomic E-state index is 12.3. The minimum Gasteiger partial charge on any atom is -0.459 e. The Morgan fingerprint density at radius 3 is 2.96 bits per heavy atom. The van der Waals surface area contributed by atoms with Gasteiger partial charge >= 0.3 is 0 Å². The maximum Gasteiger partial charge on any atom is 0.289 e. The third-order valence-electron chi connectivity index (χ3n) is 4.11. The minimum absolute atomic E-state index is 0.0215. The van der Waals surface area contributed by atoms with Gasteiger partial charge < -0.3 is 20.0 Å². The first kappa shape index (κ1) is 17.2. The van der Waals surface area contributed by atoms with Crippen molar-refractivity contribution in [2.45, 2.75) is 24.9 Å². The fourth-order valence-electron chi connectivity index (χ4n) is 2.85. The van der Waals surface area contributed by atoms with Gasteiger partial charge in [0.25, 0.3) is 5.91 Å². The van der Waals surface area contributed by atoms with E-state index in [9.17, 15) is 14.4 Å². The van der Waals surface area contributed by atoms with Gasteiger partial charge in [0.15, 0.2) is 5.76 Å². The van der Waals surface area contributed by atoms with Gasteiger partial charge in [-0.2, -0.15) is 11.3 Å². The lowest BCUT2D eigenvalue weighted by atomic mass is 9.93. The summed E-state index contributed by atoms with van der Waals surface area (Å²) in [6.07, 6.45) is 2.35. The van der Waals surface area contributed by atoms with Gasteiger partial charge in [-0.3, -0.25) is 14.4 Å². The van der Waals surface area contributed by atoms with Crippen LogP contribution in [-0.4, -0.2) is 42.3 Å². The third-order valence-corrected chi connectivity index (χ3v) is 4.81. The Kier molecular flexibility index (Phi) is 5.18. The topological polar surface area (TPSA) is 91.7 Å². The first-order valence-electron chi connectivity index (χ1n) is 7.94. The number of nitrogens with zero attached hydrogens (tertiary/aromatic N) is 1. The number of carbonyl (C=O) groups excluding carboxylic acids is 3. The number of rotatable bonds is 5. The normalized spacial score (nSPS) is 20.0. The summed E-state index contributed by atoms with van der Waals surface area (Å²) in [6.45, 7) is -0.0830. The van der Waals surface area contributed by atoms with E-state index in [1.165, 1.54) is 11.2 Å². The predicted octanol–water partition coefficient (Wildman–Crippen LogP) is 1.55. The van der Waals surface area contributed by atoms with Gasteiger partial charge in [0, 0.05) is 13.5 Å². The second kappa shape index (κ2) is 7.52. The number of furan rings is 1. The first-order chi connectivity index (χ1) is 12.0. The molecule has 3 heterocycles. The van der Waals surface area contributed by atoms with Crippen LogP contribution in [0.25, 0.3) is 0 Å². The van der Waals surface area contributed by atoms with Crippen LogP contribution in [0.5, 0.6) is 0 Å². The molecule has 0 aliphatic carbocycles. The average Bonchev–Trinajstić information content (AvgIpc) is 3.29. The van der Waals surface area contributed by atoms with Crippen molar-refractivity contribution in [1.29, 1.82) is 0 Å². The van der Waals surface area contributed by atoms with Crippen molar-refractivity contribution < 1.29 is 18.8 Å². The Bertz CT molecular complexity index is 742. The molecule has 2 N–H and O–H groups in total. The van der Waals surface area contributed by atoms with E-state index in [-0.39, 0.29) is 42.1 Å². The maximum atomic E-state index is 12.3. The lowest BCUT2D eigenvalue weighted by molar-refractivity contribution is -0.127. The Balaban J connectivity index is 1.61. The summed E-state index contributed by atoms with van der Waals surface area (Å²) in [7, 11) is 1.55. The van der Waals surface area contributed by atoms with Crippen LogP contribution in [0.15, 0.2) is 39.6 Å². The van der Waals surface area contributed by atoms with Gasteiger partial charge in [0.2, 0.25) is 11.8 Å². The van der Waals surface area contributed by atoms with Crippen LogP contribution in [-0.2, 0) is 9.59 Å². The summed E-state index contributed by atoms with van der Waals surface area (Å²) in [5.41, 5.74) is 0.975. The number of amides is 3. The highest BCUT2D eigenvalue weighted by molar-refractivity contribution is 7.08. The summed E-state index contributed by atoms with van der Waals surface area (Å²) in [5.74, 6) is -0.460. The van der Waals surface area contributed by atoms with Crippen molar-refractivity contribution in [3.8, 4) is 0 Å². The van der Waals surface area contributed by atoms with Crippen LogP contribution in [0.1, 0.15) is 35.0 Å². The van der Waals surface area contributed by atoms with Crippen molar-refractivity contribution >= 4 is 29.1 Å². The molecule has 0 spiro atoms. The fourth-order valence-corrected chi connectivity index (χ4v) is 3.55. The van der Waals surface area contributed by atoms with Crippen LogP contribution < -0.4 is 10.6 Å². The zero-order valence-electron chi connectivity index (χ0n) is 13.7. The van der Waals surface area contributed by atoms with E-state index in [4.69, 9.17) is 4.42 Å². The molecule has 2 atom stereocenters. The second-order valence-electron chi connectivity index (χ2n) is 5.95. The average molecular weight is 361 g/mol. The molecule has 3 rings (SSSR count). The molecule has 2 aromatic rings. The number of nitrogens with one attached hydrogen (secondary N) is 2. The molecule has 132 valence electrons. The van der Waals surface area contributed by atoms with Crippen LogP contribution in [0.4, 0.5) is 0 Å². The molecule has 1 aliphatic heterocycles. The van der Waals surface area contributed by atoms with Crippen LogP contribution in [0.3, 0.4) is 0 Å². The number of likely N-dealkylation sites (N-methyl/N-ethyl adjacent to an activating group) is 1. The molecule has 0 saturated carbocycles. The van der Waals surface area contributed by atoms with Gasteiger partial charge in [-0.15, -0.1) is 0 Å². The van der Waals surface area contributed by atoms with E-state index in [2.05, 4.69) is 10.6 Å². The van der Waals surface area contributed by atoms with E-state index in [0.29, 0.717) is 12.8 Å². The first-order valence-corrected chi connectivity index (χ1v) is 8.88. The Labute approximate surface area is 149 Å². The quantitative estimate of drug-likeness (QED) is 0.845. The summed E-state index contributed by atoms with van der Waals surface area (Å²) >= 11 is 1.54. The fraction of sp³-hybridized carbons (Fsp3) is 0.353. The van der Waals surface area contributed by atoms with Crippen molar-refractivity contribution in [2.24, 2.45) is 0 Å². The molecule has 7 nitrogen and oxygen atoms in total. The Morgan fingerprint density at radius 2 is 2.28 bits per heavy atom. The Morgan fingerprint density at radius 1 is 1.44 bits per heavy atom. The predicted molar refractivity (Wildman–Crippen MR) is 92.0 cm³/mol. The minimum atomic E-state index is -0.355. The molecule has 1 saturated heterocycles. The molecule has 0 aromatic carbocycles. The standard InChI is InChI=1S/C17H19N3O4S/c1-20(17(23)13-3-2-7-24-13)9-15(22)18-12-4-5-14(21)19-16(12)11-6-8-25-10-11/h2-3,6-8,10,12,16H,4-5,9H2,1H3,(H,18,22)(H,19,21)/t12-,16+/m1/s1. The van der Waals surface area contributed by atoms with E-state index in [1.807, 2.05) is 16.8 Å². The molecule has 0 bridgehead atoms. The molecule has 0 unspecified atom stereocenters. The van der Waals surface area contributed by atoms with Crippen LogP contribution in [0, 0.1) is 0 Å². The van der Waals surface area contributed by atoms with Crippen molar-refractivity contribution in [3.63, 3.8) is 0 Å². The molecule has 8 heteroatoms. The second-order valence-corrected chi connectivity index (χ2v) is 6.73. The lowest BCUT2D eigenvalue weighted by Gasteiger charge is -2.33. The summed E-state index contributed by atoms with van der Waals surface area (Å²) in [5, 5.41) is 9.76. The van der Waals surface area contributed by atoms with E-state index in [1.54, 1.807) is 30.5 Å². The van der Waals surface area contributed by atoms with Crippen LogP contribution >= 0.6 is 11.3 Å². The molecule has 25 heavy (non-hydrogen) atoms. The lowest BCUT2D eigenvalue weighted by Crippen LogP contribution is -2.52. The van der Waals surface area contributed by atoms with Gasteiger partial charge in [-0.25, -0.2) is 0 Å². The number of thiophene rings is 1. The molecule has 2 aromatic heterocycles. The van der Waals surface area contributed by atoms with Gasteiger partial charge in [0.05, 0.1) is 24.9 Å². The zero-order valence-corrected chi connectivity index (χ0v) is 14.5. The zero-order chi connectivity index (χ0) is 17.8. The molecule has 0 radical (unpaired) electrons. The SMILES string of the molecule is CN(CC(=O)N[C@@H]1CCC(=O)N[C@H]1c1ccsc1)C(=O)c1ccco1. The molecule has 1 fully saturated rings. The summed E-state index contributed by atoms with van der Waals surface area (Å²) in [4.78, 5) is 37.5. The van der Waals surface area contributed by atoms with Gasteiger partial charge in [-0.05, 0) is 40.9 Å². The van der Waals surface area contributed by atoms with Crippen molar-refractivity contribution in [2.75, 3.05) is 13.6 Å². The van der Waals surface area contributed by atoms with E-state index >= 15 is 0 Å².